The van der Waals surface area contributed by atoms with Crippen molar-refractivity contribution < 1.29 is 39.4 Å². The highest BCUT2D eigenvalue weighted by molar-refractivity contribution is 5.89. The fourth-order valence-electron chi connectivity index (χ4n) is 2.45. The van der Waals surface area contributed by atoms with Gasteiger partial charge in [-0.3, -0.25) is 0 Å². The third kappa shape index (κ3) is 2.41. The summed E-state index contributed by atoms with van der Waals surface area (Å²) in [5, 5.41) is 40.7. The first-order chi connectivity index (χ1) is 11.4. The quantitative estimate of drug-likeness (QED) is 0.655. The highest BCUT2D eigenvalue weighted by atomic mass is 16.5. The molecule has 0 aliphatic carbocycles. The molecule has 4 N–H and O–H groups in total. The summed E-state index contributed by atoms with van der Waals surface area (Å²) in [4.78, 5) is 0. The van der Waals surface area contributed by atoms with E-state index in [1.54, 1.807) is 0 Å². The van der Waals surface area contributed by atoms with E-state index >= 15 is 0 Å². The van der Waals surface area contributed by atoms with E-state index in [0.29, 0.717) is 0 Å². The van der Waals surface area contributed by atoms with Gasteiger partial charge in [0.25, 0.3) is 0 Å². The number of benzene rings is 2. The summed E-state index contributed by atoms with van der Waals surface area (Å²) in [5.41, 5.74) is 0.0791. The minimum Gasteiger partial charge on any atom is -0.504 e. The zero-order chi connectivity index (χ0) is 18.0. The van der Waals surface area contributed by atoms with Crippen molar-refractivity contribution >= 4 is 0 Å². The van der Waals surface area contributed by atoms with E-state index in [1.165, 1.54) is 40.6 Å². The summed E-state index contributed by atoms with van der Waals surface area (Å²) in [6.45, 7) is 0. The largest absolute Gasteiger partial charge is 0.504 e. The molecule has 2 aromatic carbocycles. The lowest BCUT2D eigenvalue weighted by Gasteiger charge is -2.20. The molecule has 130 valence electrons. The molecule has 0 saturated carbocycles. The minimum absolute atomic E-state index is 0.000185. The van der Waals surface area contributed by atoms with Gasteiger partial charge in [0.1, 0.15) is 0 Å². The van der Waals surface area contributed by atoms with Crippen LogP contribution in [0.25, 0.3) is 11.1 Å². The summed E-state index contributed by atoms with van der Waals surface area (Å²) in [6.07, 6.45) is 0. The van der Waals surface area contributed by atoms with Crippen molar-refractivity contribution in [3.05, 3.63) is 12.1 Å². The van der Waals surface area contributed by atoms with Crippen LogP contribution >= 0.6 is 0 Å². The Morgan fingerprint density at radius 3 is 1.62 bits per heavy atom. The van der Waals surface area contributed by atoms with Gasteiger partial charge in [0.05, 0.1) is 34.0 Å². The molecule has 2 aromatic rings. The van der Waals surface area contributed by atoms with E-state index in [-0.39, 0.29) is 39.9 Å². The van der Waals surface area contributed by atoms with E-state index in [2.05, 4.69) is 0 Å². The zero-order valence-corrected chi connectivity index (χ0v) is 13.6. The number of aromatic hydroxyl groups is 4. The fourth-order valence-corrected chi connectivity index (χ4v) is 2.45. The number of hydrogen-bond acceptors (Lipinski definition) is 8. The van der Waals surface area contributed by atoms with E-state index in [9.17, 15) is 20.4 Å². The van der Waals surface area contributed by atoms with Crippen LogP contribution in [-0.4, -0.2) is 48.9 Å². The van der Waals surface area contributed by atoms with Crippen LogP contribution < -0.4 is 18.9 Å². The number of ether oxygens (including phenoxy) is 4. The minimum atomic E-state index is -0.476. The number of phenolic OH excluding ortho intramolecular Hbond substituents is 4. The number of methoxy groups -OCH3 is 4. The first-order valence-corrected chi connectivity index (χ1v) is 6.75. The second-order valence-corrected chi connectivity index (χ2v) is 4.69. The molecule has 0 amide bonds. The van der Waals surface area contributed by atoms with Crippen LogP contribution in [0.15, 0.2) is 12.1 Å². The molecule has 8 nitrogen and oxygen atoms in total. The van der Waals surface area contributed by atoms with Crippen molar-refractivity contribution in [2.45, 2.75) is 0 Å². The van der Waals surface area contributed by atoms with Gasteiger partial charge in [0, 0.05) is 5.56 Å². The van der Waals surface area contributed by atoms with Crippen LogP contribution in [0.5, 0.6) is 46.0 Å². The van der Waals surface area contributed by atoms with E-state index in [4.69, 9.17) is 18.9 Å². The van der Waals surface area contributed by atoms with E-state index in [0.717, 1.165) is 0 Å². The van der Waals surface area contributed by atoms with Gasteiger partial charge in [0.2, 0.25) is 23.0 Å². The molecule has 0 bridgehead atoms. The molecule has 0 heterocycles. The molecule has 0 saturated heterocycles. The Bertz CT molecular complexity index is 770. The summed E-state index contributed by atoms with van der Waals surface area (Å²) < 4.78 is 20.3. The first-order valence-electron chi connectivity index (χ1n) is 6.75. The Morgan fingerprint density at radius 2 is 1.12 bits per heavy atom. The Kier molecular flexibility index (Phi) is 4.68. The smallest absolute Gasteiger partial charge is 0.208 e. The molecule has 0 spiro atoms. The highest BCUT2D eigenvalue weighted by Crippen LogP contribution is 2.58. The van der Waals surface area contributed by atoms with Crippen LogP contribution in [-0.2, 0) is 0 Å². The third-order valence-electron chi connectivity index (χ3n) is 3.51. The standard InChI is InChI=1S/C16H18O8/c1-21-13-8(17)6-5-7(10(13)18)9-11(19)15(23-3)12(20)16(24-4)14(9)22-2/h5-6,17-20H,1-4H3. The lowest BCUT2D eigenvalue weighted by Crippen LogP contribution is -1.98. The monoisotopic (exact) mass is 338 g/mol. The number of phenols is 4. The summed E-state index contributed by atoms with van der Waals surface area (Å²) in [7, 11) is 5.13. The number of hydrogen-bond donors (Lipinski definition) is 4. The summed E-state index contributed by atoms with van der Waals surface area (Å²) >= 11 is 0. The highest BCUT2D eigenvalue weighted by Gasteiger charge is 2.29. The molecule has 0 unspecified atom stereocenters. The average molecular weight is 338 g/mol. The predicted molar refractivity (Wildman–Crippen MR) is 84.7 cm³/mol. The normalized spacial score (nSPS) is 10.3. The first kappa shape index (κ1) is 17.2. The van der Waals surface area contributed by atoms with Gasteiger partial charge in [-0.25, -0.2) is 0 Å². The maximum atomic E-state index is 10.5. The van der Waals surface area contributed by atoms with Gasteiger partial charge in [-0.05, 0) is 12.1 Å². The van der Waals surface area contributed by atoms with Crippen molar-refractivity contribution in [1.82, 2.24) is 0 Å². The van der Waals surface area contributed by atoms with Gasteiger partial charge in [-0.15, -0.1) is 0 Å². The van der Waals surface area contributed by atoms with Crippen molar-refractivity contribution in [2.75, 3.05) is 28.4 Å². The molecule has 0 atom stereocenters. The van der Waals surface area contributed by atoms with Gasteiger partial charge in [0.15, 0.2) is 23.0 Å². The van der Waals surface area contributed by atoms with Crippen LogP contribution in [0.3, 0.4) is 0 Å². The lowest BCUT2D eigenvalue weighted by atomic mass is 9.99. The zero-order valence-electron chi connectivity index (χ0n) is 13.6. The van der Waals surface area contributed by atoms with Gasteiger partial charge in [-0.1, -0.05) is 0 Å². The van der Waals surface area contributed by atoms with Crippen LogP contribution in [0.4, 0.5) is 0 Å². The molecular formula is C16H18O8. The van der Waals surface area contributed by atoms with Crippen LogP contribution in [0.2, 0.25) is 0 Å². The molecule has 0 aliphatic rings. The maximum Gasteiger partial charge on any atom is 0.208 e. The second kappa shape index (κ2) is 6.53. The molecule has 0 radical (unpaired) electrons. The van der Waals surface area contributed by atoms with Crippen LogP contribution in [0.1, 0.15) is 0 Å². The summed E-state index contributed by atoms with van der Waals surface area (Å²) in [6, 6.07) is 2.62. The van der Waals surface area contributed by atoms with Gasteiger partial charge >= 0.3 is 0 Å². The molecule has 8 heteroatoms. The van der Waals surface area contributed by atoms with Crippen molar-refractivity contribution in [3.63, 3.8) is 0 Å². The molecule has 2 rings (SSSR count). The van der Waals surface area contributed by atoms with E-state index in [1.807, 2.05) is 0 Å². The molecule has 24 heavy (non-hydrogen) atoms. The average Bonchev–Trinajstić information content (AvgIpc) is 2.56. The SMILES string of the molecule is COc1c(O)ccc(-c2c(O)c(OC)c(O)c(OC)c2OC)c1O. The van der Waals surface area contributed by atoms with Crippen molar-refractivity contribution in [1.29, 1.82) is 0 Å². The Hall–Kier alpha value is -3.16. The van der Waals surface area contributed by atoms with E-state index < -0.39 is 17.2 Å². The molecular weight excluding hydrogens is 320 g/mol. The Balaban J connectivity index is 2.94. The van der Waals surface area contributed by atoms with Crippen molar-refractivity contribution in [3.8, 4) is 57.1 Å². The lowest BCUT2D eigenvalue weighted by molar-refractivity contribution is 0.304. The predicted octanol–water partition coefficient (Wildman–Crippen LogP) is 2.21. The third-order valence-corrected chi connectivity index (χ3v) is 3.51. The Morgan fingerprint density at radius 1 is 0.583 bits per heavy atom. The topological polar surface area (TPSA) is 118 Å². The number of rotatable bonds is 5. The Labute approximate surface area is 138 Å². The van der Waals surface area contributed by atoms with Gasteiger partial charge < -0.3 is 39.4 Å². The maximum absolute atomic E-state index is 10.5. The molecule has 0 fully saturated rings. The fraction of sp³-hybridized carbons (Fsp3) is 0.250. The molecule has 0 aliphatic heterocycles. The van der Waals surface area contributed by atoms with Crippen molar-refractivity contribution in [2.24, 2.45) is 0 Å². The molecule has 0 aromatic heterocycles. The van der Waals surface area contributed by atoms with Crippen LogP contribution in [0, 0.1) is 0 Å². The summed E-state index contributed by atoms with van der Waals surface area (Å²) in [5.74, 6) is -2.20. The van der Waals surface area contributed by atoms with Gasteiger partial charge in [-0.2, -0.15) is 0 Å². The second-order valence-electron chi connectivity index (χ2n) is 4.69.